The summed E-state index contributed by atoms with van der Waals surface area (Å²) < 4.78 is 59.6. The van der Waals surface area contributed by atoms with Crippen molar-refractivity contribution in [3.8, 4) is 40.6 Å². The molecule has 0 spiro atoms. The van der Waals surface area contributed by atoms with Gasteiger partial charge in [0.1, 0.15) is 34.6 Å². The van der Waals surface area contributed by atoms with Gasteiger partial charge in [0.05, 0.1) is 33.1 Å². The Morgan fingerprint density at radius 3 is 1.11 bits per heavy atom. The van der Waals surface area contributed by atoms with Crippen LogP contribution in [0.4, 0.5) is 13.2 Å². The van der Waals surface area contributed by atoms with E-state index in [9.17, 15) is 13.2 Å². The van der Waals surface area contributed by atoms with Crippen LogP contribution in [-0.2, 0) is 6.18 Å². The molecule has 0 saturated carbocycles. The first-order valence-corrected chi connectivity index (χ1v) is 19.8. The predicted molar refractivity (Wildman–Crippen MR) is 234 cm³/mol. The first kappa shape index (κ1) is 36.2. The molecule has 0 N–H and O–H groups in total. The van der Waals surface area contributed by atoms with Crippen molar-refractivity contribution in [3.05, 3.63) is 176 Å². The number of halogens is 3. The summed E-state index contributed by atoms with van der Waals surface area (Å²) in [5.74, 6) is 1.97. The average Bonchev–Trinajstić information content (AvgIpc) is 3.94. The molecule has 0 radical (unpaired) electrons. The first-order chi connectivity index (χ1) is 30.9. The van der Waals surface area contributed by atoms with Crippen molar-refractivity contribution in [1.82, 2.24) is 44.1 Å². The fraction of sp³-hybridized carbons (Fsp3) is 0.0204. The van der Waals surface area contributed by atoms with E-state index >= 15 is 0 Å². The molecular formula is C49H28F3N9O2. The van der Waals surface area contributed by atoms with Crippen molar-refractivity contribution in [2.45, 2.75) is 6.18 Å². The first-order valence-electron chi connectivity index (χ1n) is 19.8. The second-order valence-corrected chi connectivity index (χ2v) is 14.9. The zero-order chi connectivity index (χ0) is 42.2. The van der Waals surface area contributed by atoms with Crippen molar-refractivity contribution in [2.24, 2.45) is 0 Å². The molecule has 6 aromatic heterocycles. The molecule has 0 fully saturated rings. The molecule has 63 heavy (non-hydrogen) atoms. The lowest BCUT2D eigenvalue weighted by Gasteiger charge is -2.10. The molecule has 0 atom stereocenters. The number of ether oxygens (including phenoxy) is 2. The minimum Gasteiger partial charge on any atom is -0.457 e. The van der Waals surface area contributed by atoms with E-state index in [0.29, 0.717) is 34.0 Å². The molecule has 12 rings (SSSR count). The number of benzene rings is 6. The van der Waals surface area contributed by atoms with Crippen molar-refractivity contribution >= 4 is 65.4 Å². The Labute approximate surface area is 353 Å². The summed E-state index contributed by atoms with van der Waals surface area (Å²) in [6.45, 7) is 0. The smallest absolute Gasteiger partial charge is 0.455 e. The molecule has 0 saturated heterocycles. The highest BCUT2D eigenvalue weighted by atomic mass is 19.4. The third-order valence-electron chi connectivity index (χ3n) is 11.2. The van der Waals surface area contributed by atoms with Crippen LogP contribution in [0.1, 0.15) is 5.82 Å². The van der Waals surface area contributed by atoms with Crippen molar-refractivity contribution in [1.29, 1.82) is 0 Å². The van der Waals surface area contributed by atoms with Crippen molar-refractivity contribution in [3.63, 3.8) is 0 Å². The van der Waals surface area contributed by atoms with E-state index in [2.05, 4.69) is 63.8 Å². The van der Waals surface area contributed by atoms with Gasteiger partial charge in [-0.05, 0) is 84.9 Å². The lowest BCUT2D eigenvalue weighted by atomic mass is 10.1. The maximum atomic E-state index is 13.6. The van der Waals surface area contributed by atoms with Gasteiger partial charge in [-0.2, -0.15) is 13.2 Å². The number of para-hydroxylation sites is 2. The molecule has 302 valence electrons. The summed E-state index contributed by atoms with van der Waals surface area (Å²) in [5, 5.41) is 20.4. The van der Waals surface area contributed by atoms with Crippen LogP contribution in [0.5, 0.6) is 23.0 Å². The number of fused-ring (bicyclic) bond motifs is 9. The molecule has 0 unspecified atom stereocenters. The lowest BCUT2D eigenvalue weighted by molar-refractivity contribution is -0.146. The van der Waals surface area contributed by atoms with E-state index in [1.807, 2.05) is 121 Å². The molecule has 11 nitrogen and oxygen atoms in total. The second-order valence-electron chi connectivity index (χ2n) is 14.9. The summed E-state index contributed by atoms with van der Waals surface area (Å²) >= 11 is 0. The maximum Gasteiger partial charge on any atom is 0.455 e. The normalized spacial score (nSPS) is 12.0. The number of aromatic nitrogens is 9. The van der Waals surface area contributed by atoms with E-state index in [1.165, 1.54) is 0 Å². The Morgan fingerprint density at radius 2 is 0.730 bits per heavy atom. The van der Waals surface area contributed by atoms with Gasteiger partial charge in [-0.1, -0.05) is 48.5 Å². The number of rotatable bonds is 7. The zero-order valence-corrected chi connectivity index (χ0v) is 32.6. The number of pyridine rings is 2. The van der Waals surface area contributed by atoms with Crippen LogP contribution in [0.2, 0.25) is 0 Å². The van der Waals surface area contributed by atoms with Crippen LogP contribution in [0.3, 0.4) is 0 Å². The standard InChI is InChI=1S/C49H28F3N9O2/c50-49(51,52)47-55-57-48(58-56-47)61-43-27-31(62-29-15-19-35-33-9-1-3-11-39(33)59(41(35)25-29)45-13-5-7-23-53-45)17-21-37(43)38-22-18-32(28-44(38)61)63-30-16-20-36-34-10-2-4-12-40(34)60(42(36)26-30)46-14-6-8-24-54-46/h1-28H. The molecule has 0 amide bonds. The van der Waals surface area contributed by atoms with Crippen LogP contribution in [0.25, 0.3) is 83.0 Å². The van der Waals surface area contributed by atoms with Crippen LogP contribution in [0, 0.1) is 0 Å². The molecule has 0 aliphatic heterocycles. The van der Waals surface area contributed by atoms with Gasteiger partial charge < -0.3 is 9.47 Å². The van der Waals surface area contributed by atoms with Gasteiger partial charge in [-0.3, -0.25) is 13.7 Å². The molecule has 0 bridgehead atoms. The van der Waals surface area contributed by atoms with Gasteiger partial charge in [0.2, 0.25) is 0 Å². The number of hydrogen-bond donors (Lipinski definition) is 0. The Hall–Kier alpha value is -8.65. The largest absolute Gasteiger partial charge is 0.457 e. The monoisotopic (exact) mass is 831 g/mol. The molecule has 0 aliphatic carbocycles. The lowest BCUT2D eigenvalue weighted by Crippen LogP contribution is -2.15. The Morgan fingerprint density at radius 1 is 0.365 bits per heavy atom. The minimum absolute atomic E-state index is 0.167. The summed E-state index contributed by atoms with van der Waals surface area (Å²) in [7, 11) is 0. The molecular weight excluding hydrogens is 804 g/mol. The maximum absolute atomic E-state index is 13.6. The van der Waals surface area contributed by atoms with Crippen LogP contribution in [-0.4, -0.2) is 44.1 Å². The summed E-state index contributed by atoms with van der Waals surface area (Å²) in [4.78, 5) is 9.27. The fourth-order valence-corrected chi connectivity index (χ4v) is 8.51. The minimum atomic E-state index is -4.83. The summed E-state index contributed by atoms with van der Waals surface area (Å²) in [5.41, 5.74) is 4.92. The van der Waals surface area contributed by atoms with E-state index in [4.69, 9.17) is 9.47 Å². The second kappa shape index (κ2) is 14.0. The predicted octanol–water partition coefficient (Wildman–Crippen LogP) is 12.0. The highest BCUT2D eigenvalue weighted by molar-refractivity contribution is 6.11. The van der Waals surface area contributed by atoms with Gasteiger partial charge in [-0.15, -0.1) is 20.4 Å². The van der Waals surface area contributed by atoms with E-state index in [0.717, 1.165) is 66.0 Å². The van der Waals surface area contributed by atoms with Crippen LogP contribution in [0.15, 0.2) is 170 Å². The molecule has 6 aromatic carbocycles. The number of hydrogen-bond acceptors (Lipinski definition) is 8. The quantitative estimate of drug-likeness (QED) is 0.156. The number of nitrogens with zero attached hydrogens (tertiary/aromatic N) is 9. The van der Waals surface area contributed by atoms with Gasteiger partial charge >= 0.3 is 6.18 Å². The summed E-state index contributed by atoms with van der Waals surface area (Å²) in [6.07, 6.45) is -1.31. The SMILES string of the molecule is FC(F)(F)c1nnc(-n2c3cc(Oc4ccc5c6ccccc6n(-c6ccccn6)c5c4)ccc3c3ccc(Oc4ccc5c6ccccc6n(-c6ccccn6)c5c4)cc32)nn1. The molecule has 14 heteroatoms. The van der Waals surface area contributed by atoms with Crippen molar-refractivity contribution < 1.29 is 22.6 Å². The topological polar surface area (TPSA) is 111 Å². The Bertz CT molecular complexity index is 3520. The Balaban J connectivity index is 0.972. The fourth-order valence-electron chi connectivity index (χ4n) is 8.51. The third kappa shape index (κ3) is 5.98. The van der Waals surface area contributed by atoms with E-state index in [-0.39, 0.29) is 5.95 Å². The molecule has 6 heterocycles. The van der Waals surface area contributed by atoms with Gasteiger partial charge in [0.25, 0.3) is 11.8 Å². The third-order valence-corrected chi connectivity index (χ3v) is 11.2. The summed E-state index contributed by atoms with van der Waals surface area (Å²) in [6, 6.07) is 50.7. The highest BCUT2D eigenvalue weighted by Crippen LogP contribution is 2.40. The number of alkyl halides is 3. The van der Waals surface area contributed by atoms with E-state index < -0.39 is 12.0 Å². The molecule has 0 aliphatic rings. The van der Waals surface area contributed by atoms with Gasteiger partial charge in [0.15, 0.2) is 0 Å². The molecule has 12 aromatic rings. The van der Waals surface area contributed by atoms with Gasteiger partial charge in [-0.25, -0.2) is 9.97 Å². The van der Waals surface area contributed by atoms with E-state index in [1.54, 1.807) is 29.1 Å². The van der Waals surface area contributed by atoms with Crippen LogP contribution < -0.4 is 9.47 Å². The zero-order valence-electron chi connectivity index (χ0n) is 32.6. The van der Waals surface area contributed by atoms with Gasteiger partial charge in [0, 0.05) is 69.0 Å². The average molecular weight is 832 g/mol. The highest BCUT2D eigenvalue weighted by Gasteiger charge is 2.36. The Kier molecular flexibility index (Phi) is 8.02. The van der Waals surface area contributed by atoms with Crippen molar-refractivity contribution in [2.75, 3.05) is 0 Å². The van der Waals surface area contributed by atoms with Crippen LogP contribution >= 0.6 is 0 Å².